The Morgan fingerprint density at radius 3 is 2.69 bits per heavy atom. The van der Waals surface area contributed by atoms with Crippen LogP contribution in [0.3, 0.4) is 0 Å². The van der Waals surface area contributed by atoms with Crippen LogP contribution in [0.1, 0.15) is 51.9 Å². The molecule has 1 fully saturated rings. The number of esters is 2. The fourth-order valence-corrected chi connectivity index (χ4v) is 1.77. The van der Waals surface area contributed by atoms with Gasteiger partial charge in [-0.25, -0.2) is 0 Å². The Kier molecular flexibility index (Phi) is 5.83. The number of hydrogen-bond acceptors (Lipinski definition) is 3. The first-order valence-electron chi connectivity index (χ1n) is 6.13. The SMILES string of the molecule is CCCCCC/C=C/C[C@H]1CC(=O)OC1=O. The summed E-state index contributed by atoms with van der Waals surface area (Å²) in [5, 5.41) is 0. The van der Waals surface area contributed by atoms with Gasteiger partial charge < -0.3 is 4.74 Å². The summed E-state index contributed by atoms with van der Waals surface area (Å²) in [4.78, 5) is 21.9. The topological polar surface area (TPSA) is 43.4 Å². The summed E-state index contributed by atoms with van der Waals surface area (Å²) < 4.78 is 4.47. The first kappa shape index (κ1) is 12.9. The molecular weight excluding hydrogens is 204 g/mol. The molecule has 1 atom stereocenters. The third-order valence-corrected chi connectivity index (χ3v) is 2.77. The predicted octanol–water partition coefficient (Wildman–Crippen LogP) is 2.99. The van der Waals surface area contributed by atoms with Crippen molar-refractivity contribution in [2.45, 2.75) is 51.9 Å². The van der Waals surface area contributed by atoms with Crippen LogP contribution in [0.2, 0.25) is 0 Å². The molecule has 1 aliphatic rings. The smallest absolute Gasteiger partial charge is 0.317 e. The molecule has 90 valence electrons. The molecule has 0 aromatic heterocycles. The Morgan fingerprint density at radius 2 is 2.06 bits per heavy atom. The molecule has 0 N–H and O–H groups in total. The number of allylic oxidation sites excluding steroid dienone is 2. The average molecular weight is 224 g/mol. The molecule has 0 bridgehead atoms. The third kappa shape index (κ3) is 4.60. The molecule has 0 aliphatic carbocycles. The van der Waals surface area contributed by atoms with E-state index in [0.29, 0.717) is 6.42 Å². The fourth-order valence-electron chi connectivity index (χ4n) is 1.77. The lowest BCUT2D eigenvalue weighted by molar-refractivity contribution is -0.153. The number of hydrogen-bond donors (Lipinski definition) is 0. The number of rotatable bonds is 7. The monoisotopic (exact) mass is 224 g/mol. The maximum atomic E-state index is 11.1. The summed E-state index contributed by atoms with van der Waals surface area (Å²) in [6.07, 6.45) is 11.1. The predicted molar refractivity (Wildman–Crippen MR) is 61.7 cm³/mol. The average Bonchev–Trinajstić information content (AvgIpc) is 2.56. The first-order chi connectivity index (χ1) is 7.74. The van der Waals surface area contributed by atoms with Gasteiger partial charge in [-0.15, -0.1) is 0 Å². The van der Waals surface area contributed by atoms with Crippen molar-refractivity contribution < 1.29 is 14.3 Å². The zero-order valence-corrected chi connectivity index (χ0v) is 9.91. The second kappa shape index (κ2) is 7.20. The lowest BCUT2D eigenvalue weighted by Gasteiger charge is -1.98. The molecule has 1 rings (SSSR count). The van der Waals surface area contributed by atoms with Gasteiger partial charge in [-0.3, -0.25) is 9.59 Å². The molecule has 1 aliphatic heterocycles. The van der Waals surface area contributed by atoms with E-state index in [1.807, 2.05) is 6.08 Å². The second-order valence-corrected chi connectivity index (χ2v) is 4.25. The normalized spacial score (nSPS) is 20.7. The van der Waals surface area contributed by atoms with E-state index in [2.05, 4.69) is 17.7 Å². The molecule has 0 aromatic carbocycles. The molecule has 0 radical (unpaired) electrons. The van der Waals surface area contributed by atoms with Crippen molar-refractivity contribution in [2.24, 2.45) is 5.92 Å². The minimum absolute atomic E-state index is 0.237. The van der Waals surface area contributed by atoms with Crippen LogP contribution in [-0.4, -0.2) is 11.9 Å². The molecule has 1 saturated heterocycles. The Bertz CT molecular complexity index is 268. The number of carbonyl (C=O) groups is 2. The van der Waals surface area contributed by atoms with Crippen molar-refractivity contribution in [1.29, 1.82) is 0 Å². The van der Waals surface area contributed by atoms with Gasteiger partial charge in [0, 0.05) is 0 Å². The molecule has 3 nitrogen and oxygen atoms in total. The van der Waals surface area contributed by atoms with E-state index >= 15 is 0 Å². The summed E-state index contributed by atoms with van der Waals surface area (Å²) in [5.74, 6) is -0.980. The van der Waals surface area contributed by atoms with Crippen LogP contribution in [0.5, 0.6) is 0 Å². The molecule has 0 spiro atoms. The summed E-state index contributed by atoms with van der Waals surface area (Å²) in [7, 11) is 0. The van der Waals surface area contributed by atoms with Gasteiger partial charge in [0.25, 0.3) is 0 Å². The standard InChI is InChI=1S/C13H20O3/c1-2-3-4-5-6-7-8-9-11-10-12(14)16-13(11)15/h7-8,11H,2-6,9-10H2,1H3/b8-7+/t11-/m0/s1. The van der Waals surface area contributed by atoms with Crippen LogP contribution in [-0.2, 0) is 14.3 Å². The summed E-state index contributed by atoms with van der Waals surface area (Å²) in [6.45, 7) is 2.19. The maximum absolute atomic E-state index is 11.1. The van der Waals surface area contributed by atoms with Gasteiger partial charge in [0.15, 0.2) is 0 Å². The number of carbonyl (C=O) groups excluding carboxylic acids is 2. The van der Waals surface area contributed by atoms with Gasteiger partial charge in [0.1, 0.15) is 0 Å². The van der Waals surface area contributed by atoms with Crippen LogP contribution < -0.4 is 0 Å². The molecule has 0 amide bonds. The van der Waals surface area contributed by atoms with E-state index in [-0.39, 0.29) is 24.3 Å². The quantitative estimate of drug-likeness (QED) is 0.289. The zero-order valence-electron chi connectivity index (χ0n) is 9.91. The minimum atomic E-state index is -0.383. The Hall–Kier alpha value is -1.12. The number of unbranched alkanes of at least 4 members (excludes halogenated alkanes) is 4. The highest BCUT2D eigenvalue weighted by atomic mass is 16.6. The highest BCUT2D eigenvalue weighted by Crippen LogP contribution is 2.19. The molecule has 16 heavy (non-hydrogen) atoms. The Balaban J connectivity index is 2.08. The van der Waals surface area contributed by atoms with Crippen molar-refractivity contribution in [3.8, 4) is 0 Å². The first-order valence-corrected chi connectivity index (χ1v) is 6.13. The summed E-state index contributed by atoms with van der Waals surface area (Å²) >= 11 is 0. The Labute approximate surface area is 96.9 Å². The molecule has 3 heteroatoms. The lowest BCUT2D eigenvalue weighted by atomic mass is 10.0. The maximum Gasteiger partial charge on any atom is 0.317 e. The van der Waals surface area contributed by atoms with Gasteiger partial charge >= 0.3 is 11.9 Å². The van der Waals surface area contributed by atoms with Gasteiger partial charge in [0.2, 0.25) is 0 Å². The highest BCUT2D eigenvalue weighted by molar-refractivity contribution is 5.94. The van der Waals surface area contributed by atoms with E-state index in [0.717, 1.165) is 6.42 Å². The molecule has 0 aromatic rings. The Morgan fingerprint density at radius 1 is 1.25 bits per heavy atom. The summed E-state index contributed by atoms with van der Waals surface area (Å²) in [6, 6.07) is 0. The third-order valence-electron chi connectivity index (χ3n) is 2.77. The number of cyclic esters (lactones) is 2. The van der Waals surface area contributed by atoms with Gasteiger partial charge in [-0.1, -0.05) is 38.3 Å². The van der Waals surface area contributed by atoms with Crippen molar-refractivity contribution in [2.75, 3.05) is 0 Å². The van der Waals surface area contributed by atoms with E-state index in [1.54, 1.807) is 0 Å². The zero-order chi connectivity index (χ0) is 11.8. The van der Waals surface area contributed by atoms with Crippen molar-refractivity contribution in [1.82, 2.24) is 0 Å². The second-order valence-electron chi connectivity index (χ2n) is 4.25. The van der Waals surface area contributed by atoms with Crippen molar-refractivity contribution >= 4 is 11.9 Å². The fraction of sp³-hybridized carbons (Fsp3) is 0.692. The van der Waals surface area contributed by atoms with E-state index in [9.17, 15) is 9.59 Å². The largest absolute Gasteiger partial charge is 0.393 e. The molecular formula is C13H20O3. The van der Waals surface area contributed by atoms with E-state index < -0.39 is 0 Å². The van der Waals surface area contributed by atoms with Crippen molar-refractivity contribution in [3.63, 3.8) is 0 Å². The van der Waals surface area contributed by atoms with Gasteiger partial charge in [-0.05, 0) is 19.3 Å². The molecule has 0 unspecified atom stereocenters. The van der Waals surface area contributed by atoms with Crippen molar-refractivity contribution in [3.05, 3.63) is 12.2 Å². The van der Waals surface area contributed by atoms with Crippen LogP contribution in [0, 0.1) is 5.92 Å². The molecule has 0 saturated carbocycles. The van der Waals surface area contributed by atoms with E-state index in [1.165, 1.54) is 25.7 Å². The van der Waals surface area contributed by atoms with Crippen LogP contribution in [0.4, 0.5) is 0 Å². The highest BCUT2D eigenvalue weighted by Gasteiger charge is 2.31. The van der Waals surface area contributed by atoms with Crippen LogP contribution in [0.15, 0.2) is 12.2 Å². The minimum Gasteiger partial charge on any atom is -0.393 e. The lowest BCUT2D eigenvalue weighted by Crippen LogP contribution is -2.05. The van der Waals surface area contributed by atoms with Crippen LogP contribution >= 0.6 is 0 Å². The van der Waals surface area contributed by atoms with E-state index in [4.69, 9.17) is 0 Å². The van der Waals surface area contributed by atoms with Gasteiger partial charge in [0.05, 0.1) is 12.3 Å². The number of ether oxygens (including phenoxy) is 1. The van der Waals surface area contributed by atoms with Gasteiger partial charge in [-0.2, -0.15) is 0 Å². The summed E-state index contributed by atoms with van der Waals surface area (Å²) in [5.41, 5.74) is 0. The molecule has 1 heterocycles. The van der Waals surface area contributed by atoms with Crippen LogP contribution in [0.25, 0.3) is 0 Å².